The molecule has 0 aliphatic heterocycles. The molecule has 0 unspecified atom stereocenters. The fourth-order valence-corrected chi connectivity index (χ4v) is 1.59. The highest BCUT2D eigenvalue weighted by Gasteiger charge is 2.23. The summed E-state index contributed by atoms with van der Waals surface area (Å²) in [7, 11) is 0. The highest BCUT2D eigenvalue weighted by atomic mass is 19.1. The number of aromatic carboxylic acids is 1. The van der Waals surface area contributed by atoms with Crippen LogP contribution >= 0.6 is 0 Å². The molecule has 1 N–H and O–H groups in total. The minimum Gasteiger partial charge on any atom is -0.476 e. The monoisotopic (exact) mass is 265 g/mol. The third-order valence-corrected chi connectivity index (χ3v) is 2.43. The zero-order valence-corrected chi connectivity index (χ0v) is 10.4. The number of carbonyl (C=O) groups is 1. The zero-order chi connectivity index (χ0) is 14.0. The summed E-state index contributed by atoms with van der Waals surface area (Å²) in [5.41, 5.74) is 0.552. The van der Waals surface area contributed by atoms with Gasteiger partial charge in [-0.05, 0) is 26.0 Å². The van der Waals surface area contributed by atoms with Crippen molar-refractivity contribution in [2.45, 2.75) is 13.8 Å². The Labute approximate surface area is 108 Å². The van der Waals surface area contributed by atoms with E-state index in [9.17, 15) is 9.18 Å². The van der Waals surface area contributed by atoms with Gasteiger partial charge >= 0.3 is 11.9 Å². The lowest BCUT2D eigenvalue weighted by atomic mass is 10.1. The van der Waals surface area contributed by atoms with Crippen molar-refractivity contribution >= 4 is 5.97 Å². The number of benzene rings is 1. The molecule has 2 rings (SSSR count). The van der Waals surface area contributed by atoms with Gasteiger partial charge in [0.15, 0.2) is 0 Å². The predicted octanol–water partition coefficient (Wildman–Crippen LogP) is 2.89. The summed E-state index contributed by atoms with van der Waals surface area (Å²) >= 11 is 0. The number of rotatable bonds is 4. The normalized spacial score (nSPS) is 10.5. The Morgan fingerprint density at radius 3 is 2.89 bits per heavy atom. The quantitative estimate of drug-likeness (QED) is 0.920. The van der Waals surface area contributed by atoms with Gasteiger partial charge in [0.05, 0.1) is 12.2 Å². The molecule has 0 amide bonds. The van der Waals surface area contributed by atoms with Gasteiger partial charge in [-0.15, -0.1) is 0 Å². The highest BCUT2D eigenvalue weighted by molar-refractivity contribution is 5.88. The van der Waals surface area contributed by atoms with Crippen LogP contribution in [0.4, 0.5) is 4.39 Å². The van der Waals surface area contributed by atoms with Gasteiger partial charge in [-0.1, -0.05) is 11.6 Å². The second kappa shape index (κ2) is 5.09. The van der Waals surface area contributed by atoms with Crippen molar-refractivity contribution in [3.8, 4) is 17.4 Å². The van der Waals surface area contributed by atoms with Crippen LogP contribution in [0.1, 0.15) is 23.0 Å². The fourth-order valence-electron chi connectivity index (χ4n) is 1.59. The third kappa shape index (κ3) is 2.57. The van der Waals surface area contributed by atoms with E-state index in [4.69, 9.17) is 14.3 Å². The van der Waals surface area contributed by atoms with Crippen LogP contribution in [0.25, 0.3) is 11.5 Å². The summed E-state index contributed by atoms with van der Waals surface area (Å²) in [6.45, 7) is 3.69. The molecule has 19 heavy (non-hydrogen) atoms. The van der Waals surface area contributed by atoms with E-state index in [0.29, 0.717) is 0 Å². The van der Waals surface area contributed by atoms with Crippen LogP contribution in [-0.4, -0.2) is 22.7 Å². The lowest BCUT2D eigenvalue weighted by Gasteiger charge is -2.00. The standard InChI is InChI=1S/C13H12FNO4/c1-3-18-13-10(12(16)17)15-11(19-13)8-6-7(2)4-5-9(8)14/h4-6H,3H2,1-2H3,(H,16,17). The SMILES string of the molecule is CCOc1oc(-c2cc(C)ccc2F)nc1C(=O)O. The highest BCUT2D eigenvalue weighted by Crippen LogP contribution is 2.29. The molecule has 1 heterocycles. The molecule has 0 saturated carbocycles. The van der Waals surface area contributed by atoms with E-state index in [0.717, 1.165) is 5.56 Å². The number of carboxylic acids is 1. The van der Waals surface area contributed by atoms with Gasteiger partial charge in [0.25, 0.3) is 0 Å². The van der Waals surface area contributed by atoms with Crippen LogP contribution in [0.2, 0.25) is 0 Å². The number of halogens is 1. The van der Waals surface area contributed by atoms with E-state index in [2.05, 4.69) is 4.98 Å². The van der Waals surface area contributed by atoms with Gasteiger partial charge in [-0.3, -0.25) is 0 Å². The van der Waals surface area contributed by atoms with E-state index in [-0.39, 0.29) is 29.7 Å². The molecule has 6 heteroatoms. The molecule has 0 bridgehead atoms. The van der Waals surface area contributed by atoms with Gasteiger partial charge in [0, 0.05) is 0 Å². The zero-order valence-electron chi connectivity index (χ0n) is 10.4. The molecule has 1 aromatic heterocycles. The maximum atomic E-state index is 13.7. The van der Waals surface area contributed by atoms with Crippen LogP contribution in [0.3, 0.4) is 0 Å². The Morgan fingerprint density at radius 2 is 2.26 bits per heavy atom. The molecule has 100 valence electrons. The third-order valence-electron chi connectivity index (χ3n) is 2.43. The molecule has 0 saturated heterocycles. The topological polar surface area (TPSA) is 72.6 Å². The van der Waals surface area contributed by atoms with Crippen molar-refractivity contribution in [1.82, 2.24) is 4.98 Å². The lowest BCUT2D eigenvalue weighted by molar-refractivity contribution is 0.0683. The minimum absolute atomic E-state index is 0.105. The Bertz CT molecular complexity index is 621. The van der Waals surface area contributed by atoms with Crippen molar-refractivity contribution in [2.75, 3.05) is 6.61 Å². The van der Waals surface area contributed by atoms with Crippen molar-refractivity contribution in [1.29, 1.82) is 0 Å². The Kier molecular flexibility index (Phi) is 3.50. The van der Waals surface area contributed by atoms with Crippen molar-refractivity contribution < 1.29 is 23.4 Å². The molecular weight excluding hydrogens is 253 g/mol. The number of carboxylic acid groups (broad SMARTS) is 1. The van der Waals surface area contributed by atoms with Crippen molar-refractivity contribution in [2.24, 2.45) is 0 Å². The number of hydrogen-bond acceptors (Lipinski definition) is 4. The second-order valence-corrected chi connectivity index (χ2v) is 3.88. The van der Waals surface area contributed by atoms with Crippen LogP contribution in [0.15, 0.2) is 22.6 Å². The Morgan fingerprint density at radius 1 is 1.53 bits per heavy atom. The molecule has 0 fully saturated rings. The Balaban J connectivity index is 2.53. The first-order valence-electron chi connectivity index (χ1n) is 5.66. The summed E-state index contributed by atoms with van der Waals surface area (Å²) in [5.74, 6) is -2.15. The second-order valence-electron chi connectivity index (χ2n) is 3.88. The first kappa shape index (κ1) is 13.1. The smallest absolute Gasteiger partial charge is 0.362 e. The van der Waals surface area contributed by atoms with Gasteiger partial charge in [0.2, 0.25) is 11.6 Å². The van der Waals surface area contributed by atoms with Crippen molar-refractivity contribution in [3.05, 3.63) is 35.3 Å². The number of oxazole rings is 1. The van der Waals surface area contributed by atoms with Crippen LogP contribution in [0, 0.1) is 12.7 Å². The molecule has 0 aliphatic rings. The first-order chi connectivity index (χ1) is 9.02. The van der Waals surface area contributed by atoms with E-state index in [1.165, 1.54) is 12.1 Å². The molecule has 1 aromatic carbocycles. The summed E-state index contributed by atoms with van der Waals surface area (Å²) in [6, 6.07) is 4.40. The molecule has 0 aliphatic carbocycles. The first-order valence-corrected chi connectivity index (χ1v) is 5.66. The molecule has 0 atom stereocenters. The van der Waals surface area contributed by atoms with Gasteiger partial charge < -0.3 is 14.3 Å². The maximum Gasteiger partial charge on any atom is 0.362 e. The van der Waals surface area contributed by atoms with Gasteiger partial charge in [-0.2, -0.15) is 4.98 Å². The Hall–Kier alpha value is -2.37. The summed E-state index contributed by atoms with van der Waals surface area (Å²) in [6.07, 6.45) is 0. The van der Waals surface area contributed by atoms with E-state index in [1.54, 1.807) is 19.9 Å². The largest absolute Gasteiger partial charge is 0.476 e. The predicted molar refractivity (Wildman–Crippen MR) is 64.8 cm³/mol. The number of hydrogen-bond donors (Lipinski definition) is 1. The number of aromatic nitrogens is 1. The summed E-state index contributed by atoms with van der Waals surface area (Å²) < 4.78 is 23.9. The van der Waals surface area contributed by atoms with Gasteiger partial charge in [-0.25, -0.2) is 9.18 Å². The average Bonchev–Trinajstić information content (AvgIpc) is 2.77. The molecule has 0 radical (unpaired) electrons. The maximum absolute atomic E-state index is 13.7. The summed E-state index contributed by atoms with van der Waals surface area (Å²) in [4.78, 5) is 14.8. The molecular formula is C13H12FNO4. The van der Waals surface area contributed by atoms with Gasteiger partial charge in [0.1, 0.15) is 5.82 Å². The fraction of sp³-hybridized carbons (Fsp3) is 0.231. The average molecular weight is 265 g/mol. The van der Waals surface area contributed by atoms with Crippen LogP contribution in [0.5, 0.6) is 5.95 Å². The molecule has 2 aromatic rings. The number of aryl methyl sites for hydroxylation is 1. The van der Waals surface area contributed by atoms with Crippen LogP contribution < -0.4 is 4.74 Å². The molecule has 0 spiro atoms. The molecule has 5 nitrogen and oxygen atoms in total. The van der Waals surface area contributed by atoms with Crippen molar-refractivity contribution in [3.63, 3.8) is 0 Å². The van der Waals surface area contributed by atoms with Crippen LogP contribution in [-0.2, 0) is 0 Å². The minimum atomic E-state index is -1.29. The summed E-state index contributed by atoms with van der Waals surface area (Å²) in [5, 5.41) is 8.98. The van der Waals surface area contributed by atoms with E-state index >= 15 is 0 Å². The van der Waals surface area contributed by atoms with E-state index in [1.807, 2.05) is 0 Å². The van der Waals surface area contributed by atoms with E-state index < -0.39 is 11.8 Å². The number of nitrogens with zero attached hydrogens (tertiary/aromatic N) is 1. The lowest BCUT2D eigenvalue weighted by Crippen LogP contribution is -2.01. The number of ether oxygens (including phenoxy) is 1.